The average Bonchev–Trinajstić information content (AvgIpc) is 2.16. The Morgan fingerprint density at radius 2 is 2.21 bits per heavy atom. The minimum Gasteiger partial charge on any atom is -0.482 e. The lowest BCUT2D eigenvalue weighted by Gasteiger charge is -2.16. The maximum Gasteiger partial charge on any atom is 0.148 e. The van der Waals surface area contributed by atoms with Crippen LogP contribution in [0.15, 0.2) is 24.3 Å². The Morgan fingerprint density at radius 3 is 2.71 bits per heavy atom. The van der Waals surface area contributed by atoms with Crippen LogP contribution < -0.4 is 10.5 Å². The highest BCUT2D eigenvalue weighted by atomic mass is 35.5. The van der Waals surface area contributed by atoms with E-state index >= 15 is 0 Å². The molecule has 1 aromatic rings. The quantitative estimate of drug-likeness (QED) is 0.807. The first-order valence-electron chi connectivity index (χ1n) is 4.35. The molecule has 2 N–H and O–H groups in total. The van der Waals surface area contributed by atoms with Crippen LogP contribution in [0.5, 0.6) is 5.75 Å². The van der Waals surface area contributed by atoms with Gasteiger partial charge in [-0.3, -0.25) is 0 Å². The molecule has 0 heterocycles. The first-order valence-corrected chi connectivity index (χ1v) is 5.14. The van der Waals surface area contributed by atoms with Gasteiger partial charge in [-0.05, 0) is 18.6 Å². The van der Waals surface area contributed by atoms with Crippen molar-refractivity contribution in [3.8, 4) is 5.75 Å². The molecular weight excluding hydrogens is 218 g/mol. The van der Waals surface area contributed by atoms with Crippen LogP contribution in [-0.2, 0) is 0 Å². The Balaban J connectivity index is 2.77. The smallest absolute Gasteiger partial charge is 0.148 e. The molecule has 14 heavy (non-hydrogen) atoms. The van der Waals surface area contributed by atoms with Crippen LogP contribution in [0.1, 0.15) is 13.3 Å². The Hall–Kier alpha value is -0.800. The zero-order chi connectivity index (χ0) is 10.6. The van der Waals surface area contributed by atoms with Gasteiger partial charge < -0.3 is 10.5 Å². The number of hydrogen-bond donors (Lipinski definition) is 1. The van der Waals surface area contributed by atoms with Gasteiger partial charge in [0.05, 0.1) is 5.02 Å². The van der Waals surface area contributed by atoms with Crippen LogP contribution in [0.4, 0.5) is 0 Å². The third-order valence-electron chi connectivity index (χ3n) is 1.79. The summed E-state index contributed by atoms with van der Waals surface area (Å²) in [5.41, 5.74) is 5.51. The van der Waals surface area contributed by atoms with Crippen molar-refractivity contribution in [3.63, 3.8) is 0 Å². The molecule has 0 saturated carbocycles. The molecule has 76 valence electrons. The summed E-state index contributed by atoms with van der Waals surface area (Å²) in [5, 5.41) is 0.571. The highest BCUT2D eigenvalue weighted by molar-refractivity contribution is 7.80. The minimum atomic E-state index is -0.245. The number of halogens is 1. The number of hydrogen-bond acceptors (Lipinski definition) is 2. The molecule has 0 radical (unpaired) electrons. The highest BCUT2D eigenvalue weighted by Crippen LogP contribution is 2.24. The van der Waals surface area contributed by atoms with Gasteiger partial charge in [0.15, 0.2) is 0 Å². The molecule has 0 aromatic heterocycles. The van der Waals surface area contributed by atoms with Crippen molar-refractivity contribution in [1.29, 1.82) is 0 Å². The molecule has 4 heteroatoms. The first kappa shape index (κ1) is 11.3. The number of ether oxygens (including phenoxy) is 1. The van der Waals surface area contributed by atoms with Crippen molar-refractivity contribution >= 4 is 28.8 Å². The van der Waals surface area contributed by atoms with Gasteiger partial charge in [-0.1, -0.05) is 42.9 Å². The second-order valence-corrected chi connectivity index (χ2v) is 3.73. The van der Waals surface area contributed by atoms with Crippen molar-refractivity contribution in [2.24, 2.45) is 5.73 Å². The summed E-state index contributed by atoms with van der Waals surface area (Å²) < 4.78 is 5.56. The summed E-state index contributed by atoms with van der Waals surface area (Å²) in [6, 6.07) is 7.26. The van der Waals surface area contributed by atoms with Crippen LogP contribution in [0.2, 0.25) is 5.02 Å². The van der Waals surface area contributed by atoms with Gasteiger partial charge in [-0.2, -0.15) is 0 Å². The molecular formula is C10H12ClNOS. The van der Waals surface area contributed by atoms with Crippen LogP contribution in [0, 0.1) is 0 Å². The highest BCUT2D eigenvalue weighted by Gasteiger charge is 2.12. The van der Waals surface area contributed by atoms with Crippen LogP contribution in [-0.4, -0.2) is 11.1 Å². The topological polar surface area (TPSA) is 35.2 Å². The van der Waals surface area contributed by atoms with E-state index in [1.54, 1.807) is 12.1 Å². The van der Waals surface area contributed by atoms with E-state index in [0.29, 0.717) is 15.8 Å². The molecule has 0 saturated heterocycles. The monoisotopic (exact) mass is 229 g/mol. The predicted octanol–water partition coefficient (Wildman–Crippen LogP) is 2.78. The van der Waals surface area contributed by atoms with Crippen molar-refractivity contribution < 1.29 is 4.74 Å². The van der Waals surface area contributed by atoms with E-state index in [1.807, 2.05) is 19.1 Å². The van der Waals surface area contributed by atoms with Crippen molar-refractivity contribution in [2.75, 3.05) is 0 Å². The number of nitrogens with two attached hydrogens (primary N) is 1. The Kier molecular flexibility index (Phi) is 4.17. The Morgan fingerprint density at radius 1 is 1.57 bits per heavy atom. The van der Waals surface area contributed by atoms with E-state index in [-0.39, 0.29) is 6.10 Å². The van der Waals surface area contributed by atoms with E-state index in [2.05, 4.69) is 0 Å². The third-order valence-corrected chi connectivity index (χ3v) is 2.37. The second-order valence-electron chi connectivity index (χ2n) is 2.85. The van der Waals surface area contributed by atoms with Gasteiger partial charge in [0, 0.05) is 0 Å². The fourth-order valence-electron chi connectivity index (χ4n) is 1.04. The van der Waals surface area contributed by atoms with E-state index in [0.717, 1.165) is 6.42 Å². The molecule has 0 spiro atoms. The van der Waals surface area contributed by atoms with E-state index in [1.165, 1.54) is 0 Å². The molecule has 1 atom stereocenters. The molecule has 2 nitrogen and oxygen atoms in total. The summed E-state index contributed by atoms with van der Waals surface area (Å²) in [7, 11) is 0. The first-order chi connectivity index (χ1) is 6.65. The fraction of sp³-hybridized carbons (Fsp3) is 0.300. The largest absolute Gasteiger partial charge is 0.482 e. The number of thiocarbonyl (C=S) groups is 1. The van der Waals surface area contributed by atoms with Crippen molar-refractivity contribution in [3.05, 3.63) is 29.3 Å². The normalized spacial score (nSPS) is 12.1. The van der Waals surface area contributed by atoms with Gasteiger partial charge in [-0.25, -0.2) is 0 Å². The minimum absolute atomic E-state index is 0.245. The third kappa shape index (κ3) is 2.86. The maximum atomic E-state index is 5.92. The van der Waals surface area contributed by atoms with Crippen LogP contribution in [0.25, 0.3) is 0 Å². The lowest BCUT2D eigenvalue weighted by atomic mass is 10.2. The standard InChI is InChI=1S/C10H12ClNOS/c1-2-8(10(12)14)13-9-6-4-3-5-7(9)11/h3-6,8H,2H2,1H3,(H2,12,14). The van der Waals surface area contributed by atoms with Gasteiger partial charge in [0.25, 0.3) is 0 Å². The van der Waals surface area contributed by atoms with Crippen molar-refractivity contribution in [1.82, 2.24) is 0 Å². The molecule has 1 rings (SSSR count). The fourth-order valence-corrected chi connectivity index (χ4v) is 1.43. The van der Waals surface area contributed by atoms with Crippen LogP contribution in [0.3, 0.4) is 0 Å². The maximum absolute atomic E-state index is 5.92. The molecule has 1 unspecified atom stereocenters. The van der Waals surface area contributed by atoms with Gasteiger partial charge in [0.1, 0.15) is 16.8 Å². The van der Waals surface area contributed by atoms with E-state index < -0.39 is 0 Å². The summed E-state index contributed by atoms with van der Waals surface area (Å²) in [6.45, 7) is 1.96. The Bertz CT molecular complexity index is 330. The predicted molar refractivity (Wildman–Crippen MR) is 62.9 cm³/mol. The molecule has 0 aliphatic carbocycles. The number of benzene rings is 1. The number of rotatable bonds is 4. The summed E-state index contributed by atoms with van der Waals surface area (Å²) >= 11 is 10.8. The molecule has 0 amide bonds. The lowest BCUT2D eigenvalue weighted by molar-refractivity contribution is 0.264. The lowest BCUT2D eigenvalue weighted by Crippen LogP contribution is -2.31. The molecule has 0 aliphatic heterocycles. The van der Waals surface area contributed by atoms with Crippen molar-refractivity contribution in [2.45, 2.75) is 19.4 Å². The molecule has 0 fully saturated rings. The van der Waals surface area contributed by atoms with Gasteiger partial charge in [-0.15, -0.1) is 0 Å². The van der Waals surface area contributed by atoms with E-state index in [9.17, 15) is 0 Å². The SMILES string of the molecule is CCC(Oc1ccccc1Cl)C(N)=S. The Labute approximate surface area is 94.0 Å². The van der Waals surface area contributed by atoms with E-state index in [4.69, 9.17) is 34.3 Å². The van der Waals surface area contributed by atoms with Gasteiger partial charge >= 0.3 is 0 Å². The molecule has 0 bridgehead atoms. The molecule has 1 aromatic carbocycles. The summed E-state index contributed by atoms with van der Waals surface area (Å²) in [5.74, 6) is 0.619. The average molecular weight is 230 g/mol. The summed E-state index contributed by atoms with van der Waals surface area (Å²) in [4.78, 5) is 0.354. The number of para-hydroxylation sites is 1. The molecule has 0 aliphatic rings. The zero-order valence-corrected chi connectivity index (χ0v) is 9.44. The zero-order valence-electron chi connectivity index (χ0n) is 7.87. The van der Waals surface area contributed by atoms with Gasteiger partial charge in [0.2, 0.25) is 0 Å². The van der Waals surface area contributed by atoms with Crippen LogP contribution >= 0.6 is 23.8 Å². The summed E-state index contributed by atoms with van der Waals surface area (Å²) in [6.07, 6.45) is 0.491. The second kappa shape index (κ2) is 5.17.